The predicted molar refractivity (Wildman–Crippen MR) is 112 cm³/mol. The summed E-state index contributed by atoms with van der Waals surface area (Å²) < 4.78 is 13.1. The van der Waals surface area contributed by atoms with Crippen molar-refractivity contribution in [2.45, 2.75) is 43.5 Å². The van der Waals surface area contributed by atoms with Gasteiger partial charge in [-0.25, -0.2) is 0 Å². The van der Waals surface area contributed by atoms with E-state index in [0.717, 1.165) is 29.9 Å². The Bertz CT molecular complexity index is 944. The van der Waals surface area contributed by atoms with Crippen LogP contribution >= 0.6 is 11.8 Å². The number of anilines is 1. The second-order valence-electron chi connectivity index (χ2n) is 8.02. The number of benzene rings is 1. The Labute approximate surface area is 174 Å². The lowest BCUT2D eigenvalue weighted by atomic mass is 9.96. The molecular formula is C20H26N6O2S. The van der Waals surface area contributed by atoms with Gasteiger partial charge in [0.1, 0.15) is 0 Å². The predicted octanol–water partition coefficient (Wildman–Crippen LogP) is 3.64. The molecule has 0 aliphatic carbocycles. The zero-order valence-electron chi connectivity index (χ0n) is 17.2. The molecule has 1 aromatic carbocycles. The van der Waals surface area contributed by atoms with E-state index in [1.807, 2.05) is 25.1 Å². The third kappa shape index (κ3) is 4.30. The smallest absolute Gasteiger partial charge is 0.239 e. The minimum atomic E-state index is -0.153. The Kier molecular flexibility index (Phi) is 5.60. The topological polar surface area (TPSA) is 82.1 Å². The van der Waals surface area contributed by atoms with Gasteiger partial charge in [-0.15, -0.1) is 10.2 Å². The van der Waals surface area contributed by atoms with Crippen molar-refractivity contribution in [2.75, 3.05) is 31.2 Å². The maximum absolute atomic E-state index is 5.53. The maximum Gasteiger partial charge on any atom is 0.239 e. The first-order valence-corrected chi connectivity index (χ1v) is 10.7. The number of hydrogen-bond acceptors (Lipinski definition) is 8. The monoisotopic (exact) mass is 414 g/mol. The van der Waals surface area contributed by atoms with E-state index in [1.165, 1.54) is 0 Å². The third-order valence-electron chi connectivity index (χ3n) is 4.67. The molecule has 3 heterocycles. The number of para-hydroxylation sites is 1. The van der Waals surface area contributed by atoms with Crippen molar-refractivity contribution < 1.29 is 9.26 Å². The quantitative estimate of drug-likeness (QED) is 0.585. The Hall–Kier alpha value is -2.39. The fourth-order valence-electron chi connectivity index (χ4n) is 3.02. The molecule has 4 rings (SSSR count). The molecule has 154 valence electrons. The molecule has 1 fully saturated rings. The van der Waals surface area contributed by atoms with Gasteiger partial charge in [0.15, 0.2) is 11.0 Å². The van der Waals surface area contributed by atoms with Crippen LogP contribution in [-0.2, 0) is 10.2 Å². The lowest BCUT2D eigenvalue weighted by molar-refractivity contribution is 0.122. The number of thioether (sulfide) groups is 1. The molecule has 0 amide bonds. The van der Waals surface area contributed by atoms with E-state index in [0.29, 0.717) is 24.9 Å². The average Bonchev–Trinajstić information content (AvgIpc) is 3.37. The Balaban J connectivity index is 1.65. The van der Waals surface area contributed by atoms with Gasteiger partial charge in [0.05, 0.1) is 24.2 Å². The van der Waals surface area contributed by atoms with Crippen LogP contribution in [0.3, 0.4) is 0 Å². The van der Waals surface area contributed by atoms with Crippen molar-refractivity contribution in [1.29, 1.82) is 0 Å². The van der Waals surface area contributed by atoms with Crippen LogP contribution in [-0.4, -0.2) is 51.2 Å². The molecule has 0 N–H and O–H groups in total. The Morgan fingerprint density at radius 2 is 1.79 bits per heavy atom. The number of rotatable bonds is 5. The zero-order valence-corrected chi connectivity index (χ0v) is 18.0. The minimum absolute atomic E-state index is 0.0530. The van der Waals surface area contributed by atoms with Crippen LogP contribution in [0.1, 0.15) is 44.7 Å². The average molecular weight is 415 g/mol. The first kappa shape index (κ1) is 19.9. The molecule has 29 heavy (non-hydrogen) atoms. The van der Waals surface area contributed by atoms with Crippen LogP contribution in [0.15, 0.2) is 40.0 Å². The standard InChI is InChI=1S/C20H26N6O2S/c1-14(16-21-17(24-28-16)20(2,3)4)29-19-23-22-18(25-10-12-27-13-11-25)26(19)15-8-6-5-7-9-15/h5-9,14H,10-13H2,1-4H3. The Morgan fingerprint density at radius 1 is 1.07 bits per heavy atom. The van der Waals surface area contributed by atoms with Gasteiger partial charge in [0.2, 0.25) is 11.8 Å². The molecule has 8 nitrogen and oxygen atoms in total. The largest absolute Gasteiger partial charge is 0.378 e. The summed E-state index contributed by atoms with van der Waals surface area (Å²) in [6, 6.07) is 10.2. The van der Waals surface area contributed by atoms with Gasteiger partial charge in [0, 0.05) is 18.5 Å². The van der Waals surface area contributed by atoms with Crippen LogP contribution in [0.5, 0.6) is 0 Å². The summed E-state index contributed by atoms with van der Waals surface area (Å²) in [5, 5.41) is 13.9. The maximum atomic E-state index is 5.53. The fourth-order valence-corrected chi connectivity index (χ4v) is 3.92. The molecule has 2 aromatic heterocycles. The van der Waals surface area contributed by atoms with Crippen molar-refractivity contribution in [1.82, 2.24) is 24.9 Å². The highest BCUT2D eigenvalue weighted by molar-refractivity contribution is 7.99. The van der Waals surface area contributed by atoms with E-state index in [9.17, 15) is 0 Å². The van der Waals surface area contributed by atoms with Gasteiger partial charge in [-0.2, -0.15) is 4.98 Å². The molecule has 1 saturated heterocycles. The summed E-state index contributed by atoms with van der Waals surface area (Å²) >= 11 is 1.56. The van der Waals surface area contributed by atoms with Crippen molar-refractivity contribution in [3.05, 3.63) is 42.0 Å². The van der Waals surface area contributed by atoms with Crippen molar-refractivity contribution in [3.8, 4) is 5.69 Å². The summed E-state index contributed by atoms with van der Waals surface area (Å²) in [5.41, 5.74) is 0.870. The second kappa shape index (κ2) is 8.16. The highest BCUT2D eigenvalue weighted by Gasteiger charge is 2.27. The molecule has 1 atom stereocenters. The summed E-state index contributed by atoms with van der Waals surface area (Å²) in [4.78, 5) is 6.80. The lowest BCUT2D eigenvalue weighted by Crippen LogP contribution is -2.37. The van der Waals surface area contributed by atoms with E-state index in [4.69, 9.17) is 9.26 Å². The zero-order chi connectivity index (χ0) is 20.4. The van der Waals surface area contributed by atoms with Gasteiger partial charge in [-0.05, 0) is 19.1 Å². The fraction of sp³-hybridized carbons (Fsp3) is 0.500. The number of hydrogen-bond donors (Lipinski definition) is 0. The van der Waals surface area contributed by atoms with Gasteiger partial charge in [-0.3, -0.25) is 4.57 Å². The minimum Gasteiger partial charge on any atom is -0.378 e. The number of ether oxygens (including phenoxy) is 1. The SMILES string of the molecule is CC(Sc1nnc(N2CCOCC2)n1-c1ccccc1)c1nc(C(C)(C)C)no1. The summed E-state index contributed by atoms with van der Waals surface area (Å²) in [7, 11) is 0. The molecule has 0 bridgehead atoms. The van der Waals surface area contributed by atoms with Gasteiger partial charge in [0.25, 0.3) is 0 Å². The van der Waals surface area contributed by atoms with E-state index >= 15 is 0 Å². The summed E-state index contributed by atoms with van der Waals surface area (Å²) in [5.74, 6) is 2.13. The van der Waals surface area contributed by atoms with Crippen LogP contribution in [0.4, 0.5) is 5.95 Å². The molecule has 1 aliphatic heterocycles. The lowest BCUT2D eigenvalue weighted by Gasteiger charge is -2.28. The van der Waals surface area contributed by atoms with Crippen molar-refractivity contribution in [3.63, 3.8) is 0 Å². The molecule has 3 aromatic rings. The molecule has 0 radical (unpaired) electrons. The van der Waals surface area contributed by atoms with E-state index in [1.54, 1.807) is 11.8 Å². The molecule has 1 unspecified atom stereocenters. The molecule has 0 spiro atoms. The van der Waals surface area contributed by atoms with E-state index in [-0.39, 0.29) is 10.7 Å². The van der Waals surface area contributed by atoms with Gasteiger partial charge in [-0.1, -0.05) is 55.9 Å². The normalized spacial score (nSPS) is 16.2. The van der Waals surface area contributed by atoms with E-state index in [2.05, 4.69) is 62.7 Å². The summed E-state index contributed by atoms with van der Waals surface area (Å²) in [6.45, 7) is 11.2. The molecule has 9 heteroatoms. The number of morpholine rings is 1. The van der Waals surface area contributed by atoms with Gasteiger partial charge < -0.3 is 14.2 Å². The van der Waals surface area contributed by atoms with Crippen LogP contribution in [0.2, 0.25) is 0 Å². The van der Waals surface area contributed by atoms with Gasteiger partial charge >= 0.3 is 0 Å². The Morgan fingerprint density at radius 3 is 2.45 bits per heavy atom. The molecule has 0 saturated carbocycles. The number of nitrogens with zero attached hydrogens (tertiary/aromatic N) is 6. The third-order valence-corrected chi connectivity index (χ3v) is 5.70. The molecular weight excluding hydrogens is 388 g/mol. The first-order chi connectivity index (χ1) is 13.9. The highest BCUT2D eigenvalue weighted by Crippen LogP contribution is 2.36. The first-order valence-electron chi connectivity index (χ1n) is 9.78. The molecule has 1 aliphatic rings. The second-order valence-corrected chi connectivity index (χ2v) is 9.33. The van der Waals surface area contributed by atoms with Crippen molar-refractivity contribution >= 4 is 17.7 Å². The van der Waals surface area contributed by atoms with Crippen LogP contribution < -0.4 is 4.90 Å². The van der Waals surface area contributed by atoms with E-state index < -0.39 is 0 Å². The highest BCUT2D eigenvalue weighted by atomic mass is 32.2. The van der Waals surface area contributed by atoms with Crippen molar-refractivity contribution in [2.24, 2.45) is 0 Å². The summed E-state index contributed by atoms with van der Waals surface area (Å²) in [6.07, 6.45) is 0. The number of aromatic nitrogens is 5. The van der Waals surface area contributed by atoms with Crippen LogP contribution in [0.25, 0.3) is 5.69 Å². The van der Waals surface area contributed by atoms with Crippen LogP contribution in [0, 0.1) is 0 Å².